The summed E-state index contributed by atoms with van der Waals surface area (Å²) < 4.78 is 1.95. The molecule has 2 saturated heterocycles. The summed E-state index contributed by atoms with van der Waals surface area (Å²) in [5.74, 6) is 0.257. The van der Waals surface area contributed by atoms with Gasteiger partial charge in [0.15, 0.2) is 0 Å². The van der Waals surface area contributed by atoms with Gasteiger partial charge in [0.05, 0.1) is 17.1 Å². The van der Waals surface area contributed by atoms with E-state index in [4.69, 9.17) is 0 Å². The molecule has 0 spiro atoms. The summed E-state index contributed by atoms with van der Waals surface area (Å²) in [7, 11) is 1.99. The van der Waals surface area contributed by atoms with E-state index >= 15 is 0 Å². The van der Waals surface area contributed by atoms with Crippen LogP contribution in [0.4, 0.5) is 0 Å². The van der Waals surface area contributed by atoms with Gasteiger partial charge in [-0.25, -0.2) is 0 Å². The molecule has 0 atom stereocenters. The van der Waals surface area contributed by atoms with Gasteiger partial charge in [0, 0.05) is 77.2 Å². The van der Waals surface area contributed by atoms with E-state index in [9.17, 15) is 9.59 Å². The number of thiophene rings is 1. The van der Waals surface area contributed by atoms with E-state index in [2.05, 4.69) is 28.7 Å². The number of carbonyl (C=O) groups excluding carboxylic acids is 2. The molecule has 2 aromatic heterocycles. The smallest absolute Gasteiger partial charge is 0.264 e. The molecule has 168 valence electrons. The largest absolute Gasteiger partial charge is 0.338 e. The second-order valence-electron chi connectivity index (χ2n) is 8.48. The molecule has 0 aliphatic carbocycles. The lowest BCUT2D eigenvalue weighted by molar-refractivity contribution is -0.134. The third kappa shape index (κ3) is 4.99. The summed E-state index contributed by atoms with van der Waals surface area (Å²) in [5, 5.41) is 6.44. The van der Waals surface area contributed by atoms with Crippen molar-refractivity contribution >= 4 is 23.2 Å². The molecular weight excluding hydrogens is 412 g/mol. The van der Waals surface area contributed by atoms with Crippen molar-refractivity contribution in [3.63, 3.8) is 0 Å². The van der Waals surface area contributed by atoms with Crippen molar-refractivity contribution in [2.45, 2.75) is 20.4 Å². The second kappa shape index (κ2) is 9.50. The highest BCUT2D eigenvalue weighted by atomic mass is 32.1. The highest BCUT2D eigenvalue weighted by Crippen LogP contribution is 2.17. The van der Waals surface area contributed by atoms with Crippen molar-refractivity contribution in [3.8, 4) is 0 Å². The molecule has 31 heavy (non-hydrogen) atoms. The van der Waals surface area contributed by atoms with Crippen LogP contribution in [0.3, 0.4) is 0 Å². The van der Waals surface area contributed by atoms with E-state index in [1.165, 1.54) is 22.6 Å². The lowest BCUT2D eigenvalue weighted by Crippen LogP contribution is -2.54. The van der Waals surface area contributed by atoms with E-state index in [1.54, 1.807) is 0 Å². The van der Waals surface area contributed by atoms with Crippen LogP contribution in [0.25, 0.3) is 0 Å². The number of aryl methyl sites for hydroxylation is 2. The van der Waals surface area contributed by atoms with Crippen molar-refractivity contribution in [3.05, 3.63) is 39.3 Å². The number of amides is 2. The molecule has 0 radical (unpaired) electrons. The summed E-state index contributed by atoms with van der Waals surface area (Å²) in [6.07, 6.45) is 0. The number of piperazine rings is 2. The molecule has 0 saturated carbocycles. The lowest BCUT2D eigenvalue weighted by Gasteiger charge is -2.38. The van der Waals surface area contributed by atoms with Crippen LogP contribution in [-0.2, 0) is 18.4 Å². The molecule has 2 amide bonds. The highest BCUT2D eigenvalue weighted by Gasteiger charge is 2.27. The van der Waals surface area contributed by atoms with Crippen LogP contribution < -0.4 is 0 Å². The van der Waals surface area contributed by atoms with Crippen LogP contribution >= 0.6 is 11.3 Å². The van der Waals surface area contributed by atoms with Crippen molar-refractivity contribution in [2.75, 3.05) is 58.9 Å². The predicted octanol–water partition coefficient (Wildman–Crippen LogP) is 1.20. The van der Waals surface area contributed by atoms with Gasteiger partial charge in [-0.15, -0.1) is 11.3 Å². The molecular formula is C22H32N6O2S. The Labute approximate surface area is 188 Å². The van der Waals surface area contributed by atoms with E-state index < -0.39 is 0 Å². The Morgan fingerprint density at radius 1 is 0.968 bits per heavy atom. The molecule has 2 aromatic rings. The number of hydrogen-bond acceptors (Lipinski definition) is 6. The number of carbonyl (C=O) groups is 2. The van der Waals surface area contributed by atoms with Gasteiger partial charge in [0.25, 0.3) is 5.91 Å². The van der Waals surface area contributed by atoms with Crippen LogP contribution in [0.1, 0.15) is 26.6 Å². The van der Waals surface area contributed by atoms with Crippen molar-refractivity contribution in [1.29, 1.82) is 0 Å². The Bertz CT molecular complexity index is 909. The fraction of sp³-hybridized carbons (Fsp3) is 0.591. The molecule has 0 aromatic carbocycles. The normalized spacial score (nSPS) is 18.5. The fourth-order valence-electron chi connectivity index (χ4n) is 4.38. The molecule has 9 heteroatoms. The monoisotopic (exact) mass is 444 g/mol. The standard InChI is InChI=1S/C22H32N6O2S/c1-17-19(18(2)24(3)23-17)15-25-6-8-26(9-7-25)16-21(29)27-10-12-28(13-11-27)22(30)20-5-4-14-31-20/h4-5,14H,6-13,15-16H2,1-3H3. The Balaban J connectivity index is 1.20. The van der Waals surface area contributed by atoms with Crippen molar-refractivity contribution < 1.29 is 9.59 Å². The molecule has 8 nitrogen and oxygen atoms in total. The topological polar surface area (TPSA) is 64.9 Å². The zero-order chi connectivity index (χ0) is 22.0. The average Bonchev–Trinajstić information content (AvgIpc) is 3.39. The maximum Gasteiger partial charge on any atom is 0.264 e. The van der Waals surface area contributed by atoms with Gasteiger partial charge >= 0.3 is 0 Å². The number of rotatable bonds is 5. The van der Waals surface area contributed by atoms with Crippen molar-refractivity contribution in [1.82, 2.24) is 29.4 Å². The minimum atomic E-state index is 0.0808. The van der Waals surface area contributed by atoms with Crippen LogP contribution in [0.15, 0.2) is 17.5 Å². The molecule has 0 bridgehead atoms. The average molecular weight is 445 g/mol. The number of hydrogen-bond donors (Lipinski definition) is 0. The summed E-state index contributed by atoms with van der Waals surface area (Å²) in [5.41, 5.74) is 3.66. The van der Waals surface area contributed by atoms with Gasteiger partial charge in [-0.2, -0.15) is 5.10 Å². The molecule has 0 unspecified atom stereocenters. The maximum atomic E-state index is 12.8. The molecule has 0 N–H and O–H groups in total. The zero-order valence-electron chi connectivity index (χ0n) is 18.7. The van der Waals surface area contributed by atoms with E-state index in [-0.39, 0.29) is 11.8 Å². The predicted molar refractivity (Wildman–Crippen MR) is 121 cm³/mol. The Morgan fingerprint density at radius 3 is 2.19 bits per heavy atom. The first-order chi connectivity index (χ1) is 14.9. The third-order valence-corrected chi connectivity index (χ3v) is 7.37. The fourth-order valence-corrected chi connectivity index (χ4v) is 5.07. The van der Waals surface area contributed by atoms with Crippen LogP contribution in [0.2, 0.25) is 0 Å². The molecule has 4 heterocycles. The Morgan fingerprint density at radius 2 is 1.61 bits per heavy atom. The number of nitrogens with zero attached hydrogens (tertiary/aromatic N) is 6. The summed E-state index contributed by atoms with van der Waals surface area (Å²) >= 11 is 1.47. The molecule has 2 aliphatic heterocycles. The van der Waals surface area contributed by atoms with Gasteiger partial charge < -0.3 is 9.80 Å². The third-order valence-electron chi connectivity index (χ3n) is 6.52. The summed E-state index contributed by atoms with van der Waals surface area (Å²) in [4.78, 5) is 34.5. The second-order valence-corrected chi connectivity index (χ2v) is 9.42. The van der Waals surface area contributed by atoms with Crippen LogP contribution in [0, 0.1) is 13.8 Å². The maximum absolute atomic E-state index is 12.8. The highest BCUT2D eigenvalue weighted by molar-refractivity contribution is 7.12. The summed E-state index contributed by atoms with van der Waals surface area (Å²) in [6.45, 7) is 11.8. The van der Waals surface area contributed by atoms with Crippen molar-refractivity contribution in [2.24, 2.45) is 7.05 Å². The SMILES string of the molecule is Cc1nn(C)c(C)c1CN1CCN(CC(=O)N2CCN(C(=O)c3cccs3)CC2)CC1. The van der Waals surface area contributed by atoms with Gasteiger partial charge in [-0.1, -0.05) is 6.07 Å². The van der Waals surface area contributed by atoms with Gasteiger partial charge in [0.2, 0.25) is 5.91 Å². The van der Waals surface area contributed by atoms with Gasteiger partial charge in [0.1, 0.15) is 0 Å². The van der Waals surface area contributed by atoms with E-state index in [1.807, 2.05) is 39.0 Å². The Kier molecular flexibility index (Phi) is 6.74. The summed E-state index contributed by atoms with van der Waals surface area (Å²) in [6, 6.07) is 3.76. The molecule has 2 fully saturated rings. The van der Waals surface area contributed by atoms with Gasteiger partial charge in [-0.3, -0.25) is 24.1 Å². The zero-order valence-corrected chi connectivity index (χ0v) is 19.5. The minimum Gasteiger partial charge on any atom is -0.338 e. The lowest BCUT2D eigenvalue weighted by atomic mass is 10.1. The quantitative estimate of drug-likeness (QED) is 0.694. The number of aromatic nitrogens is 2. The van der Waals surface area contributed by atoms with Crippen LogP contribution in [0.5, 0.6) is 0 Å². The molecule has 4 rings (SSSR count). The van der Waals surface area contributed by atoms with E-state index in [0.29, 0.717) is 32.7 Å². The first kappa shape index (κ1) is 22.0. The first-order valence-corrected chi connectivity index (χ1v) is 11.8. The van der Waals surface area contributed by atoms with Gasteiger partial charge in [-0.05, 0) is 25.3 Å². The minimum absolute atomic E-state index is 0.0808. The van der Waals surface area contributed by atoms with Crippen LogP contribution in [-0.4, -0.2) is 100 Å². The Hall–Kier alpha value is -2.23. The first-order valence-electron chi connectivity index (χ1n) is 11.0. The molecule has 2 aliphatic rings. The van der Waals surface area contributed by atoms with E-state index in [0.717, 1.165) is 43.3 Å².